The van der Waals surface area contributed by atoms with Gasteiger partial charge in [-0.15, -0.1) is 0 Å². The van der Waals surface area contributed by atoms with E-state index in [9.17, 15) is 4.79 Å². The molecule has 1 saturated carbocycles. The van der Waals surface area contributed by atoms with Crippen LogP contribution in [-0.4, -0.2) is 15.8 Å². The fraction of sp³-hybridized carbons (Fsp3) is 0.636. The second-order valence-corrected chi connectivity index (χ2v) is 4.27. The number of nitrogens with zero attached hydrogens (tertiary/aromatic N) is 2. The first-order valence-corrected chi connectivity index (χ1v) is 5.28. The normalized spacial score (nSPS) is 27.5. The lowest BCUT2D eigenvalue weighted by Gasteiger charge is -2.28. The van der Waals surface area contributed by atoms with Crippen molar-refractivity contribution in [2.45, 2.75) is 38.6 Å². The van der Waals surface area contributed by atoms with Crippen LogP contribution in [-0.2, 0) is 0 Å². The fourth-order valence-electron chi connectivity index (χ4n) is 2.37. The van der Waals surface area contributed by atoms with Crippen LogP contribution in [0.4, 0.5) is 0 Å². The van der Waals surface area contributed by atoms with Gasteiger partial charge in [0.25, 0.3) is 0 Å². The van der Waals surface area contributed by atoms with E-state index in [4.69, 9.17) is 0 Å². The highest BCUT2D eigenvalue weighted by Crippen LogP contribution is 2.32. The number of aldehydes is 1. The highest BCUT2D eigenvalue weighted by molar-refractivity contribution is 5.71. The Kier molecular flexibility index (Phi) is 2.66. The zero-order valence-corrected chi connectivity index (χ0v) is 8.52. The predicted molar refractivity (Wildman–Crippen MR) is 54.3 cm³/mol. The molecule has 0 N–H and O–H groups in total. The molecule has 3 heteroatoms. The van der Waals surface area contributed by atoms with E-state index < -0.39 is 0 Å². The lowest BCUT2D eigenvalue weighted by atomic mass is 9.87. The Morgan fingerprint density at radius 1 is 1.57 bits per heavy atom. The summed E-state index contributed by atoms with van der Waals surface area (Å²) in [7, 11) is 0. The van der Waals surface area contributed by atoms with Crippen molar-refractivity contribution in [2.24, 2.45) is 5.92 Å². The largest absolute Gasteiger partial charge is 0.325 e. The van der Waals surface area contributed by atoms with Gasteiger partial charge in [-0.05, 0) is 18.8 Å². The maximum absolute atomic E-state index is 10.8. The summed E-state index contributed by atoms with van der Waals surface area (Å²) < 4.78 is 2.03. The molecule has 0 spiro atoms. The zero-order chi connectivity index (χ0) is 9.97. The van der Waals surface area contributed by atoms with Crippen LogP contribution in [0.25, 0.3) is 0 Å². The molecule has 76 valence electrons. The standard InChI is InChI=1S/C11H16N2O/c1-9-3-2-4-10(5-9)13-8-12-6-11(13)7-14/h6-10H,2-5H2,1H3. The number of aromatic nitrogens is 2. The molecule has 0 bridgehead atoms. The van der Waals surface area contributed by atoms with Crippen molar-refractivity contribution in [1.29, 1.82) is 0 Å². The van der Waals surface area contributed by atoms with Gasteiger partial charge in [0, 0.05) is 6.04 Å². The molecule has 1 fully saturated rings. The van der Waals surface area contributed by atoms with Crippen molar-refractivity contribution in [3.05, 3.63) is 18.2 Å². The van der Waals surface area contributed by atoms with Crippen LogP contribution < -0.4 is 0 Å². The van der Waals surface area contributed by atoms with Crippen molar-refractivity contribution in [2.75, 3.05) is 0 Å². The second kappa shape index (κ2) is 3.95. The molecule has 0 radical (unpaired) electrons. The molecule has 0 aromatic carbocycles. The highest BCUT2D eigenvalue weighted by atomic mass is 16.1. The molecule has 14 heavy (non-hydrogen) atoms. The molecular formula is C11H16N2O. The van der Waals surface area contributed by atoms with E-state index >= 15 is 0 Å². The van der Waals surface area contributed by atoms with Crippen molar-refractivity contribution < 1.29 is 4.79 Å². The minimum Gasteiger partial charge on any atom is -0.325 e. The molecule has 1 aliphatic carbocycles. The first kappa shape index (κ1) is 9.44. The number of imidazole rings is 1. The summed E-state index contributed by atoms with van der Waals surface area (Å²) >= 11 is 0. The smallest absolute Gasteiger partial charge is 0.168 e. The van der Waals surface area contributed by atoms with Crippen LogP contribution in [0, 0.1) is 5.92 Å². The molecule has 1 aliphatic rings. The molecular weight excluding hydrogens is 176 g/mol. The van der Waals surface area contributed by atoms with Gasteiger partial charge in [-0.2, -0.15) is 0 Å². The van der Waals surface area contributed by atoms with Crippen LogP contribution in [0.15, 0.2) is 12.5 Å². The van der Waals surface area contributed by atoms with Crippen molar-refractivity contribution in [1.82, 2.24) is 9.55 Å². The first-order valence-electron chi connectivity index (χ1n) is 5.28. The summed E-state index contributed by atoms with van der Waals surface area (Å²) in [4.78, 5) is 14.8. The lowest BCUT2D eigenvalue weighted by molar-refractivity contribution is 0.111. The van der Waals surface area contributed by atoms with Crippen LogP contribution in [0.1, 0.15) is 49.1 Å². The Labute approximate surface area is 84.1 Å². The SMILES string of the molecule is CC1CCCC(n2cncc2C=O)C1. The topological polar surface area (TPSA) is 34.9 Å². The Morgan fingerprint density at radius 3 is 3.14 bits per heavy atom. The molecule has 1 heterocycles. The second-order valence-electron chi connectivity index (χ2n) is 4.27. The average Bonchev–Trinajstić information content (AvgIpc) is 2.65. The summed E-state index contributed by atoms with van der Waals surface area (Å²) in [6, 6.07) is 0.487. The average molecular weight is 192 g/mol. The minimum atomic E-state index is 0.487. The molecule has 0 saturated heterocycles. The summed E-state index contributed by atoms with van der Waals surface area (Å²) in [5.41, 5.74) is 0.712. The summed E-state index contributed by atoms with van der Waals surface area (Å²) in [6.07, 6.45) is 9.27. The Hall–Kier alpha value is -1.12. The van der Waals surface area contributed by atoms with E-state index in [-0.39, 0.29) is 0 Å². The van der Waals surface area contributed by atoms with E-state index in [1.807, 2.05) is 4.57 Å². The van der Waals surface area contributed by atoms with Gasteiger partial charge in [0.1, 0.15) is 5.69 Å². The van der Waals surface area contributed by atoms with Gasteiger partial charge in [-0.25, -0.2) is 4.98 Å². The lowest BCUT2D eigenvalue weighted by Crippen LogP contribution is -2.18. The molecule has 0 aliphatic heterocycles. The van der Waals surface area contributed by atoms with Crippen LogP contribution in [0.2, 0.25) is 0 Å². The predicted octanol–water partition coefficient (Wildman–Crippen LogP) is 2.45. The summed E-state index contributed by atoms with van der Waals surface area (Å²) in [6.45, 7) is 2.28. The molecule has 2 unspecified atom stereocenters. The number of carbonyl (C=O) groups excluding carboxylic acids is 1. The van der Waals surface area contributed by atoms with E-state index in [0.29, 0.717) is 11.7 Å². The van der Waals surface area contributed by atoms with Crippen LogP contribution in [0.5, 0.6) is 0 Å². The number of rotatable bonds is 2. The third kappa shape index (κ3) is 1.72. The maximum Gasteiger partial charge on any atom is 0.168 e. The van der Waals surface area contributed by atoms with E-state index in [0.717, 1.165) is 12.2 Å². The molecule has 0 amide bonds. The van der Waals surface area contributed by atoms with Gasteiger partial charge in [0.2, 0.25) is 0 Å². The quantitative estimate of drug-likeness (QED) is 0.674. The molecule has 3 nitrogen and oxygen atoms in total. The van der Waals surface area contributed by atoms with Crippen molar-refractivity contribution >= 4 is 6.29 Å². The van der Waals surface area contributed by atoms with Crippen molar-refractivity contribution in [3.63, 3.8) is 0 Å². The molecule has 1 aromatic rings. The maximum atomic E-state index is 10.8. The number of hydrogen-bond acceptors (Lipinski definition) is 2. The van der Waals surface area contributed by atoms with Crippen LogP contribution >= 0.6 is 0 Å². The summed E-state index contributed by atoms with van der Waals surface area (Å²) in [5.74, 6) is 0.774. The van der Waals surface area contributed by atoms with Gasteiger partial charge in [0.15, 0.2) is 6.29 Å². The monoisotopic (exact) mass is 192 g/mol. The number of hydrogen-bond donors (Lipinski definition) is 0. The van der Waals surface area contributed by atoms with Gasteiger partial charge in [0.05, 0.1) is 12.5 Å². The Balaban J connectivity index is 2.17. The fourth-order valence-corrected chi connectivity index (χ4v) is 2.37. The van der Waals surface area contributed by atoms with E-state index in [2.05, 4.69) is 11.9 Å². The zero-order valence-electron chi connectivity index (χ0n) is 8.52. The Bertz CT molecular complexity index is 319. The van der Waals surface area contributed by atoms with Gasteiger partial charge in [-0.1, -0.05) is 19.8 Å². The Morgan fingerprint density at radius 2 is 2.43 bits per heavy atom. The molecule has 2 rings (SSSR count). The molecule has 2 atom stereocenters. The number of carbonyl (C=O) groups is 1. The first-order chi connectivity index (χ1) is 6.81. The van der Waals surface area contributed by atoms with Gasteiger partial charge < -0.3 is 4.57 Å². The minimum absolute atomic E-state index is 0.487. The van der Waals surface area contributed by atoms with Crippen LogP contribution in [0.3, 0.4) is 0 Å². The highest BCUT2D eigenvalue weighted by Gasteiger charge is 2.21. The van der Waals surface area contributed by atoms with Crippen molar-refractivity contribution in [3.8, 4) is 0 Å². The third-order valence-electron chi connectivity index (χ3n) is 3.12. The summed E-state index contributed by atoms with van der Waals surface area (Å²) in [5, 5.41) is 0. The van der Waals surface area contributed by atoms with E-state index in [1.165, 1.54) is 25.7 Å². The third-order valence-corrected chi connectivity index (χ3v) is 3.12. The van der Waals surface area contributed by atoms with Gasteiger partial charge >= 0.3 is 0 Å². The molecule has 1 aromatic heterocycles. The van der Waals surface area contributed by atoms with E-state index in [1.54, 1.807) is 12.5 Å². The van der Waals surface area contributed by atoms with Gasteiger partial charge in [-0.3, -0.25) is 4.79 Å².